The summed E-state index contributed by atoms with van der Waals surface area (Å²) in [5.41, 5.74) is 3.15. The number of anilines is 1. The van der Waals surface area contributed by atoms with Crippen LogP contribution in [0.5, 0.6) is 0 Å². The number of thiophene rings is 1. The van der Waals surface area contributed by atoms with Gasteiger partial charge in [-0.25, -0.2) is 4.98 Å². The predicted octanol–water partition coefficient (Wildman–Crippen LogP) is 7.05. The van der Waals surface area contributed by atoms with Gasteiger partial charge in [0.25, 0.3) is 5.56 Å². The third-order valence-corrected chi connectivity index (χ3v) is 7.87. The van der Waals surface area contributed by atoms with Crippen LogP contribution >= 0.6 is 46.3 Å². The molecule has 4 aromatic rings. The van der Waals surface area contributed by atoms with E-state index in [2.05, 4.69) is 12.2 Å². The molecule has 9 heteroatoms. The Morgan fingerprint density at radius 2 is 1.88 bits per heavy atom. The maximum absolute atomic E-state index is 13.7. The Kier molecular flexibility index (Phi) is 7.67. The molecule has 0 spiro atoms. The van der Waals surface area contributed by atoms with Crippen LogP contribution in [-0.4, -0.2) is 21.2 Å². The monoisotopic (exact) mass is 531 g/mol. The van der Waals surface area contributed by atoms with E-state index in [1.807, 2.05) is 38.1 Å². The second-order valence-corrected chi connectivity index (χ2v) is 10.8. The Hall–Kier alpha value is -2.32. The predicted molar refractivity (Wildman–Crippen MR) is 145 cm³/mol. The Bertz CT molecular complexity index is 1430. The minimum absolute atomic E-state index is 0.0695. The van der Waals surface area contributed by atoms with Gasteiger partial charge in [0.15, 0.2) is 5.16 Å². The zero-order valence-corrected chi connectivity index (χ0v) is 22.1. The first kappa shape index (κ1) is 24.8. The number of thioether (sulfide) groups is 1. The van der Waals surface area contributed by atoms with Gasteiger partial charge in [-0.2, -0.15) is 0 Å². The van der Waals surface area contributed by atoms with Crippen molar-refractivity contribution in [1.29, 1.82) is 0 Å². The molecule has 0 aliphatic rings. The van der Waals surface area contributed by atoms with Crippen molar-refractivity contribution in [3.05, 3.63) is 78.9 Å². The number of rotatable bonds is 7. The quantitative estimate of drug-likeness (QED) is 0.205. The minimum atomic E-state index is -0.248. The summed E-state index contributed by atoms with van der Waals surface area (Å²) in [6.07, 6.45) is 1.90. The maximum atomic E-state index is 13.7. The first-order valence-corrected chi connectivity index (χ1v) is 13.3. The van der Waals surface area contributed by atoms with Crippen LogP contribution in [0, 0.1) is 13.8 Å². The molecule has 34 heavy (non-hydrogen) atoms. The van der Waals surface area contributed by atoms with Gasteiger partial charge in [-0.1, -0.05) is 60.4 Å². The normalized spacial score (nSPS) is 11.2. The molecule has 176 valence electrons. The van der Waals surface area contributed by atoms with Gasteiger partial charge in [-0.15, -0.1) is 11.3 Å². The van der Waals surface area contributed by atoms with Crippen LogP contribution < -0.4 is 10.9 Å². The fourth-order valence-electron chi connectivity index (χ4n) is 3.72. The average Bonchev–Trinajstić information content (AvgIpc) is 3.07. The molecule has 4 rings (SSSR count). The highest BCUT2D eigenvalue weighted by molar-refractivity contribution is 7.99. The van der Waals surface area contributed by atoms with Crippen LogP contribution in [0.1, 0.15) is 29.3 Å². The van der Waals surface area contributed by atoms with E-state index in [4.69, 9.17) is 28.2 Å². The number of amides is 1. The van der Waals surface area contributed by atoms with Crippen molar-refractivity contribution in [3.63, 3.8) is 0 Å². The van der Waals surface area contributed by atoms with Gasteiger partial charge >= 0.3 is 0 Å². The van der Waals surface area contributed by atoms with E-state index < -0.39 is 0 Å². The third-order valence-electron chi connectivity index (χ3n) is 5.25. The van der Waals surface area contributed by atoms with E-state index in [1.54, 1.807) is 34.1 Å². The van der Waals surface area contributed by atoms with E-state index >= 15 is 0 Å². The summed E-state index contributed by atoms with van der Waals surface area (Å²) in [7, 11) is 0. The van der Waals surface area contributed by atoms with Gasteiger partial charge in [-0.3, -0.25) is 14.2 Å². The molecule has 1 N–H and O–H groups in total. The second kappa shape index (κ2) is 10.5. The highest BCUT2D eigenvalue weighted by Gasteiger charge is 2.20. The minimum Gasteiger partial charge on any atom is -0.325 e. The van der Waals surface area contributed by atoms with Gasteiger partial charge in [0.1, 0.15) is 4.83 Å². The molecule has 2 heterocycles. The van der Waals surface area contributed by atoms with Crippen LogP contribution in [0.3, 0.4) is 0 Å². The Labute approximate surface area is 216 Å². The lowest BCUT2D eigenvalue weighted by Gasteiger charge is -2.13. The van der Waals surface area contributed by atoms with Crippen LogP contribution in [-0.2, 0) is 11.2 Å². The lowest BCUT2D eigenvalue weighted by Crippen LogP contribution is -2.23. The van der Waals surface area contributed by atoms with Gasteiger partial charge in [-0.05, 0) is 61.7 Å². The zero-order chi connectivity index (χ0) is 24.4. The summed E-state index contributed by atoms with van der Waals surface area (Å²) in [6, 6.07) is 12.6. The van der Waals surface area contributed by atoms with Gasteiger partial charge < -0.3 is 5.32 Å². The topological polar surface area (TPSA) is 64.0 Å². The van der Waals surface area contributed by atoms with E-state index in [9.17, 15) is 9.59 Å². The molecule has 0 radical (unpaired) electrons. The molecule has 0 saturated heterocycles. The first-order valence-electron chi connectivity index (χ1n) is 10.8. The van der Waals surface area contributed by atoms with Crippen molar-refractivity contribution >= 4 is 68.1 Å². The average molecular weight is 533 g/mol. The van der Waals surface area contributed by atoms with Crippen molar-refractivity contribution < 1.29 is 4.79 Å². The number of carbonyl (C=O) groups excluding carboxylic acids is 1. The standard InChI is InChI=1S/C25H23Cl2N3O2S2/c1-4-6-20-15(3)22-23(34-20)29-25(30(24(22)32)19-8-5-7-14(2)9-19)33-13-21(31)28-18-11-16(26)10-17(27)12-18/h5,7-12H,4,6,13H2,1-3H3,(H,28,31). The highest BCUT2D eigenvalue weighted by Crippen LogP contribution is 2.31. The van der Waals surface area contributed by atoms with Crippen molar-refractivity contribution in [3.8, 4) is 5.69 Å². The number of halogens is 2. The molecule has 2 aromatic carbocycles. The lowest BCUT2D eigenvalue weighted by molar-refractivity contribution is -0.113. The fourth-order valence-corrected chi connectivity index (χ4v) is 6.38. The maximum Gasteiger partial charge on any atom is 0.267 e. The van der Waals surface area contributed by atoms with Crippen molar-refractivity contribution in [2.45, 2.75) is 38.8 Å². The van der Waals surface area contributed by atoms with Crippen molar-refractivity contribution in [2.75, 3.05) is 11.1 Å². The van der Waals surface area contributed by atoms with Crippen LogP contribution in [0.15, 0.2) is 52.4 Å². The molecule has 1 amide bonds. The number of benzene rings is 2. The first-order chi connectivity index (χ1) is 16.3. The van der Waals surface area contributed by atoms with Gasteiger partial charge in [0.05, 0.1) is 16.8 Å². The summed E-state index contributed by atoms with van der Waals surface area (Å²) in [5, 5.41) is 4.81. The number of nitrogens with zero attached hydrogens (tertiary/aromatic N) is 2. The molecule has 0 bridgehead atoms. The molecule has 2 aromatic heterocycles. The molecule has 0 atom stereocenters. The molecule has 0 saturated carbocycles. The molecule has 0 aliphatic carbocycles. The van der Waals surface area contributed by atoms with E-state index in [0.29, 0.717) is 31.1 Å². The van der Waals surface area contributed by atoms with Gasteiger partial charge in [0, 0.05) is 20.6 Å². The smallest absolute Gasteiger partial charge is 0.267 e. The molecular formula is C25H23Cl2N3O2S2. The van der Waals surface area contributed by atoms with Crippen LogP contribution in [0.4, 0.5) is 5.69 Å². The molecular weight excluding hydrogens is 509 g/mol. The summed E-state index contributed by atoms with van der Waals surface area (Å²) in [5.74, 6) is -0.178. The van der Waals surface area contributed by atoms with E-state index in [-0.39, 0.29) is 17.2 Å². The Morgan fingerprint density at radius 3 is 2.56 bits per heavy atom. The van der Waals surface area contributed by atoms with Crippen molar-refractivity contribution in [1.82, 2.24) is 9.55 Å². The third kappa shape index (κ3) is 5.33. The summed E-state index contributed by atoms with van der Waals surface area (Å²) in [4.78, 5) is 33.1. The van der Waals surface area contributed by atoms with Crippen LogP contribution in [0.2, 0.25) is 10.0 Å². The molecule has 0 unspecified atom stereocenters. The molecule has 0 aliphatic heterocycles. The largest absolute Gasteiger partial charge is 0.325 e. The molecule has 0 fully saturated rings. The lowest BCUT2D eigenvalue weighted by atomic mass is 10.1. The van der Waals surface area contributed by atoms with Crippen LogP contribution in [0.25, 0.3) is 15.9 Å². The van der Waals surface area contributed by atoms with E-state index in [1.165, 1.54) is 16.6 Å². The van der Waals surface area contributed by atoms with E-state index in [0.717, 1.165) is 29.7 Å². The number of fused-ring (bicyclic) bond motifs is 1. The Morgan fingerprint density at radius 1 is 1.15 bits per heavy atom. The number of carbonyl (C=O) groups is 1. The summed E-state index contributed by atoms with van der Waals surface area (Å²) >= 11 is 14.8. The number of aryl methyl sites for hydroxylation is 3. The van der Waals surface area contributed by atoms with Gasteiger partial charge in [0.2, 0.25) is 5.91 Å². The number of hydrogen-bond acceptors (Lipinski definition) is 5. The number of nitrogens with one attached hydrogen (secondary N) is 1. The SMILES string of the molecule is CCCc1sc2nc(SCC(=O)Nc3cc(Cl)cc(Cl)c3)n(-c3cccc(C)c3)c(=O)c2c1C. The van der Waals surface area contributed by atoms with Crippen molar-refractivity contribution in [2.24, 2.45) is 0 Å². The second-order valence-electron chi connectivity index (χ2n) is 7.95. The zero-order valence-electron chi connectivity index (χ0n) is 18.9. The number of aromatic nitrogens is 2. The fraction of sp³-hybridized carbons (Fsp3) is 0.240. The molecule has 5 nitrogen and oxygen atoms in total. The summed E-state index contributed by atoms with van der Waals surface area (Å²) < 4.78 is 1.61. The highest BCUT2D eigenvalue weighted by atomic mass is 35.5. The Balaban J connectivity index is 1.72. The summed E-state index contributed by atoms with van der Waals surface area (Å²) in [6.45, 7) is 6.09. The number of hydrogen-bond donors (Lipinski definition) is 1.